The van der Waals surface area contributed by atoms with Gasteiger partial charge in [0.25, 0.3) is 0 Å². The SMILES string of the molecule is CCC(C)(O)CC(=O)OC1(c2ccccc2)CCNCC1. The molecule has 0 bridgehead atoms. The smallest absolute Gasteiger partial charge is 0.309 e. The fourth-order valence-corrected chi connectivity index (χ4v) is 2.71. The van der Waals surface area contributed by atoms with Crippen molar-refractivity contribution >= 4 is 5.97 Å². The first-order chi connectivity index (χ1) is 9.97. The number of carbonyl (C=O) groups excluding carboxylic acids is 1. The molecule has 1 aromatic carbocycles. The van der Waals surface area contributed by atoms with Crippen molar-refractivity contribution < 1.29 is 14.6 Å². The molecule has 2 rings (SSSR count). The van der Waals surface area contributed by atoms with E-state index < -0.39 is 11.2 Å². The minimum absolute atomic E-state index is 0.0332. The van der Waals surface area contributed by atoms with Gasteiger partial charge in [-0.3, -0.25) is 4.79 Å². The summed E-state index contributed by atoms with van der Waals surface area (Å²) in [6.07, 6.45) is 2.08. The molecule has 1 unspecified atom stereocenters. The van der Waals surface area contributed by atoms with Gasteiger partial charge >= 0.3 is 5.97 Å². The second-order valence-corrected chi connectivity index (χ2v) is 6.11. The van der Waals surface area contributed by atoms with Crippen LogP contribution in [-0.2, 0) is 15.1 Å². The number of aliphatic hydroxyl groups is 1. The molecule has 1 atom stereocenters. The molecule has 1 saturated heterocycles. The van der Waals surface area contributed by atoms with E-state index in [0.717, 1.165) is 31.5 Å². The number of esters is 1. The van der Waals surface area contributed by atoms with Crippen LogP contribution in [0.3, 0.4) is 0 Å². The van der Waals surface area contributed by atoms with Crippen molar-refractivity contribution in [2.45, 2.75) is 50.7 Å². The van der Waals surface area contributed by atoms with Gasteiger partial charge in [-0.05, 0) is 32.0 Å². The number of ether oxygens (including phenoxy) is 1. The summed E-state index contributed by atoms with van der Waals surface area (Å²) in [5, 5.41) is 13.4. The predicted octanol–water partition coefficient (Wildman–Crippen LogP) is 2.36. The first-order valence-electron chi connectivity index (χ1n) is 7.68. The lowest BCUT2D eigenvalue weighted by atomic mass is 9.84. The number of nitrogens with one attached hydrogen (secondary N) is 1. The van der Waals surface area contributed by atoms with Crippen molar-refractivity contribution in [3.8, 4) is 0 Å². The van der Waals surface area contributed by atoms with Crippen molar-refractivity contribution in [2.75, 3.05) is 13.1 Å². The van der Waals surface area contributed by atoms with Gasteiger partial charge in [-0.15, -0.1) is 0 Å². The standard InChI is InChI=1S/C17H25NO3/c1-3-16(2,20)13-15(19)21-17(9-11-18-12-10-17)14-7-5-4-6-8-14/h4-8,18,20H,3,9-13H2,1-2H3. The highest BCUT2D eigenvalue weighted by molar-refractivity contribution is 5.71. The Kier molecular flexibility index (Phi) is 5.01. The number of rotatable bonds is 5. The van der Waals surface area contributed by atoms with E-state index in [1.54, 1.807) is 6.92 Å². The maximum absolute atomic E-state index is 12.3. The summed E-state index contributed by atoms with van der Waals surface area (Å²) >= 11 is 0. The summed E-state index contributed by atoms with van der Waals surface area (Å²) in [4.78, 5) is 12.3. The summed E-state index contributed by atoms with van der Waals surface area (Å²) in [6.45, 7) is 5.19. The molecule has 4 nitrogen and oxygen atoms in total. The first-order valence-corrected chi connectivity index (χ1v) is 7.68. The van der Waals surface area contributed by atoms with Gasteiger partial charge in [0.2, 0.25) is 0 Å². The number of piperidine rings is 1. The van der Waals surface area contributed by atoms with Crippen LogP contribution in [0.2, 0.25) is 0 Å². The molecule has 0 aliphatic carbocycles. The van der Waals surface area contributed by atoms with Crippen molar-refractivity contribution in [3.63, 3.8) is 0 Å². The topological polar surface area (TPSA) is 58.6 Å². The Balaban J connectivity index is 2.16. The van der Waals surface area contributed by atoms with Crippen LogP contribution in [0.4, 0.5) is 0 Å². The molecular weight excluding hydrogens is 266 g/mol. The Labute approximate surface area is 126 Å². The summed E-state index contributed by atoms with van der Waals surface area (Å²) < 4.78 is 5.86. The molecule has 1 aliphatic heterocycles. The molecule has 21 heavy (non-hydrogen) atoms. The molecule has 0 aromatic heterocycles. The molecule has 0 saturated carbocycles. The van der Waals surface area contributed by atoms with Crippen LogP contribution in [0.25, 0.3) is 0 Å². The third-order valence-corrected chi connectivity index (χ3v) is 4.31. The lowest BCUT2D eigenvalue weighted by Gasteiger charge is -2.38. The lowest BCUT2D eigenvalue weighted by molar-refractivity contribution is -0.169. The molecule has 0 spiro atoms. The zero-order valence-corrected chi connectivity index (χ0v) is 12.9. The van der Waals surface area contributed by atoms with E-state index in [2.05, 4.69) is 5.32 Å². The van der Waals surface area contributed by atoms with Crippen molar-refractivity contribution in [2.24, 2.45) is 0 Å². The quantitative estimate of drug-likeness (QED) is 0.818. The normalized spacial score (nSPS) is 20.5. The molecule has 116 valence electrons. The van der Waals surface area contributed by atoms with Gasteiger partial charge in [-0.1, -0.05) is 37.3 Å². The van der Waals surface area contributed by atoms with E-state index in [-0.39, 0.29) is 12.4 Å². The van der Waals surface area contributed by atoms with Crippen molar-refractivity contribution in [1.82, 2.24) is 5.32 Å². The van der Waals surface area contributed by atoms with Gasteiger partial charge in [0.05, 0.1) is 12.0 Å². The minimum atomic E-state index is -0.998. The van der Waals surface area contributed by atoms with Gasteiger partial charge < -0.3 is 15.2 Å². The Morgan fingerprint density at radius 1 is 1.33 bits per heavy atom. The number of hydrogen-bond acceptors (Lipinski definition) is 4. The fraction of sp³-hybridized carbons (Fsp3) is 0.588. The highest BCUT2D eigenvalue weighted by Crippen LogP contribution is 2.35. The lowest BCUT2D eigenvalue weighted by Crippen LogP contribution is -2.44. The van der Waals surface area contributed by atoms with Crippen molar-refractivity contribution in [1.29, 1.82) is 0 Å². The van der Waals surface area contributed by atoms with Gasteiger partial charge in [0.1, 0.15) is 5.60 Å². The average Bonchev–Trinajstić information content (AvgIpc) is 2.48. The van der Waals surface area contributed by atoms with Crippen LogP contribution in [0.1, 0.15) is 45.1 Å². The monoisotopic (exact) mass is 291 g/mol. The van der Waals surface area contributed by atoms with E-state index in [1.165, 1.54) is 0 Å². The Bertz CT molecular complexity index is 464. The maximum atomic E-state index is 12.3. The molecule has 1 aromatic rings. The van der Waals surface area contributed by atoms with Crippen LogP contribution in [0.15, 0.2) is 30.3 Å². The molecule has 1 aliphatic rings. The van der Waals surface area contributed by atoms with Gasteiger partial charge in [-0.25, -0.2) is 0 Å². The van der Waals surface area contributed by atoms with Gasteiger partial charge in [-0.2, -0.15) is 0 Å². The van der Waals surface area contributed by atoms with E-state index >= 15 is 0 Å². The molecule has 0 radical (unpaired) electrons. The summed E-state index contributed by atoms with van der Waals surface area (Å²) in [6, 6.07) is 9.92. The third-order valence-electron chi connectivity index (χ3n) is 4.31. The molecule has 0 amide bonds. The average molecular weight is 291 g/mol. The number of carbonyl (C=O) groups is 1. The summed E-state index contributed by atoms with van der Waals surface area (Å²) in [7, 11) is 0. The zero-order valence-electron chi connectivity index (χ0n) is 12.9. The first kappa shape index (κ1) is 16.0. The van der Waals surface area contributed by atoms with E-state index in [4.69, 9.17) is 4.74 Å². The van der Waals surface area contributed by atoms with Crippen molar-refractivity contribution in [3.05, 3.63) is 35.9 Å². The van der Waals surface area contributed by atoms with Crippen LogP contribution in [-0.4, -0.2) is 29.8 Å². The fourth-order valence-electron chi connectivity index (χ4n) is 2.71. The second-order valence-electron chi connectivity index (χ2n) is 6.11. The molecule has 2 N–H and O–H groups in total. The number of benzene rings is 1. The molecular formula is C17H25NO3. The second kappa shape index (κ2) is 6.58. The van der Waals surface area contributed by atoms with Gasteiger partial charge in [0, 0.05) is 12.8 Å². The van der Waals surface area contributed by atoms with Crippen LogP contribution in [0.5, 0.6) is 0 Å². The Morgan fingerprint density at radius 3 is 2.52 bits per heavy atom. The predicted molar refractivity (Wildman–Crippen MR) is 81.8 cm³/mol. The Morgan fingerprint density at radius 2 is 1.95 bits per heavy atom. The van der Waals surface area contributed by atoms with E-state index in [1.807, 2.05) is 37.3 Å². The largest absolute Gasteiger partial charge is 0.454 e. The van der Waals surface area contributed by atoms with E-state index in [0.29, 0.717) is 6.42 Å². The van der Waals surface area contributed by atoms with Crippen LogP contribution < -0.4 is 5.32 Å². The summed E-state index contributed by atoms with van der Waals surface area (Å²) in [5.74, 6) is -0.326. The van der Waals surface area contributed by atoms with Gasteiger partial charge in [0.15, 0.2) is 0 Å². The van der Waals surface area contributed by atoms with Crippen LogP contribution in [0, 0.1) is 0 Å². The minimum Gasteiger partial charge on any atom is -0.454 e. The molecule has 4 heteroatoms. The number of hydrogen-bond donors (Lipinski definition) is 2. The van der Waals surface area contributed by atoms with E-state index in [9.17, 15) is 9.90 Å². The zero-order chi connectivity index (χ0) is 15.3. The van der Waals surface area contributed by atoms with Crippen LogP contribution >= 0.6 is 0 Å². The maximum Gasteiger partial charge on any atom is 0.309 e. The Hall–Kier alpha value is -1.39. The molecule has 1 fully saturated rings. The third kappa shape index (κ3) is 4.05. The highest BCUT2D eigenvalue weighted by atomic mass is 16.6. The molecule has 1 heterocycles. The highest BCUT2D eigenvalue weighted by Gasteiger charge is 2.38. The summed E-state index contributed by atoms with van der Waals surface area (Å²) in [5.41, 5.74) is -0.522.